The highest BCUT2D eigenvalue weighted by molar-refractivity contribution is 7.97. The number of hydrogen-bond acceptors (Lipinski definition) is 11. The molecule has 0 saturated carbocycles. The molecule has 0 unspecified atom stereocenters. The summed E-state index contributed by atoms with van der Waals surface area (Å²) in [4.78, 5) is 50.1. The van der Waals surface area contributed by atoms with Gasteiger partial charge in [-0.1, -0.05) is 12.2 Å². The van der Waals surface area contributed by atoms with E-state index in [9.17, 15) is 14.4 Å². The molecule has 0 atom stereocenters. The van der Waals surface area contributed by atoms with Gasteiger partial charge in [0.1, 0.15) is 22.7 Å². The predicted octanol–water partition coefficient (Wildman–Crippen LogP) is 4.51. The third-order valence-corrected chi connectivity index (χ3v) is 9.62. The molecule has 0 aliphatic heterocycles. The van der Waals surface area contributed by atoms with Crippen LogP contribution in [0, 0.1) is 13.8 Å². The maximum absolute atomic E-state index is 13.7. The number of aromatic nitrogens is 8. The van der Waals surface area contributed by atoms with E-state index >= 15 is 0 Å². The molecule has 4 heterocycles. The van der Waals surface area contributed by atoms with Crippen LogP contribution in [0.2, 0.25) is 0 Å². The Kier molecular flexibility index (Phi) is 12.5. The van der Waals surface area contributed by atoms with E-state index in [1.807, 2.05) is 81.3 Å². The number of allylic oxidation sites excluding steroid dienone is 2. The van der Waals surface area contributed by atoms with Crippen molar-refractivity contribution in [3.63, 3.8) is 0 Å². The van der Waals surface area contributed by atoms with Gasteiger partial charge in [0.15, 0.2) is 0 Å². The molecule has 4 aromatic heterocycles. The summed E-state index contributed by atoms with van der Waals surface area (Å²) in [5, 5.41) is 17.9. The van der Waals surface area contributed by atoms with E-state index in [2.05, 4.69) is 30.9 Å². The number of amides is 3. The quantitative estimate of drug-likeness (QED) is 0.0466. The normalized spacial score (nSPS) is 11.6. The molecule has 3 amide bonds. The van der Waals surface area contributed by atoms with Gasteiger partial charge in [0, 0.05) is 36.6 Å². The van der Waals surface area contributed by atoms with Crippen molar-refractivity contribution in [3.8, 4) is 5.75 Å². The number of primary amides is 1. The van der Waals surface area contributed by atoms with Crippen molar-refractivity contribution in [2.75, 3.05) is 37.9 Å². The topological polar surface area (TPSA) is 206 Å². The average Bonchev–Trinajstić information content (AvgIpc) is 3.94. The van der Waals surface area contributed by atoms with Crippen molar-refractivity contribution < 1.29 is 19.1 Å². The molecule has 0 spiro atoms. The number of carbonyl (C=O) groups is 3. The Morgan fingerprint density at radius 1 is 0.821 bits per heavy atom. The maximum Gasteiger partial charge on any atom is 0.276 e. The summed E-state index contributed by atoms with van der Waals surface area (Å²) in [5.74, 6) is -0.305. The minimum Gasteiger partial charge on any atom is -0.491 e. The molecule has 294 valence electrons. The molecule has 6 N–H and O–H groups in total. The number of ether oxygens (including phenoxy) is 1. The zero-order valence-corrected chi connectivity index (χ0v) is 33.2. The van der Waals surface area contributed by atoms with Crippen molar-refractivity contribution in [1.29, 1.82) is 0 Å². The Bertz CT molecular complexity index is 2420. The fourth-order valence-electron chi connectivity index (χ4n) is 6.39. The molecular formula is C38H47N13O4S. The lowest BCUT2D eigenvalue weighted by molar-refractivity contribution is 0.0994. The number of fused-ring (bicyclic) bond motifs is 2. The van der Waals surface area contributed by atoms with E-state index < -0.39 is 5.91 Å². The van der Waals surface area contributed by atoms with Crippen LogP contribution < -0.4 is 31.1 Å². The van der Waals surface area contributed by atoms with Gasteiger partial charge in [0.05, 0.1) is 34.5 Å². The first-order valence-electron chi connectivity index (χ1n) is 18.4. The highest BCUT2D eigenvalue weighted by Crippen LogP contribution is 2.32. The average molecular weight is 782 g/mol. The number of rotatable bonds is 18. The van der Waals surface area contributed by atoms with E-state index in [1.165, 1.54) is 11.9 Å². The van der Waals surface area contributed by atoms with Crippen LogP contribution in [0.3, 0.4) is 0 Å². The summed E-state index contributed by atoms with van der Waals surface area (Å²) in [6.07, 6.45) is 4.60. The van der Waals surface area contributed by atoms with Crippen LogP contribution in [-0.2, 0) is 26.2 Å². The van der Waals surface area contributed by atoms with Gasteiger partial charge in [-0.25, -0.2) is 9.97 Å². The number of anilines is 2. The van der Waals surface area contributed by atoms with Gasteiger partial charge in [-0.3, -0.25) is 39.1 Å². The first-order valence-corrected chi connectivity index (χ1v) is 19.2. The van der Waals surface area contributed by atoms with Crippen molar-refractivity contribution in [1.82, 2.24) is 48.7 Å². The molecule has 0 radical (unpaired) electrons. The number of aryl methyl sites for hydroxylation is 4. The van der Waals surface area contributed by atoms with Crippen LogP contribution >= 0.6 is 11.9 Å². The molecule has 6 rings (SSSR count). The number of carbonyl (C=O) groups excluding carboxylic acids is 3. The van der Waals surface area contributed by atoms with Gasteiger partial charge in [-0.2, -0.15) is 10.2 Å². The standard InChI is InChI=1S/C38H47N13O4S/c1-7-50-30(18-23(3)46-50)35(53)44-37-42-27-22-26(56-41-6)12-13-29(27)48(37)15-9-10-16-49-33-28(20-25(34(39)52)21-32(33)55-17-11-14-40-5)43-38(49)45-36(54)31-19-24(4)47-51(31)8-2/h9-10,12-13,18-22,40-41H,7-8,11,14-17H2,1-6H3,(H2,39,52)(H,42,44,53)(H,43,45,54)/b10-9+. The molecule has 0 aliphatic rings. The lowest BCUT2D eigenvalue weighted by Crippen LogP contribution is -2.20. The van der Waals surface area contributed by atoms with E-state index in [-0.39, 0.29) is 29.9 Å². The van der Waals surface area contributed by atoms with E-state index in [1.54, 1.807) is 33.6 Å². The zero-order chi connectivity index (χ0) is 39.9. The highest BCUT2D eigenvalue weighted by Gasteiger charge is 2.22. The van der Waals surface area contributed by atoms with Crippen molar-refractivity contribution in [2.24, 2.45) is 5.73 Å². The summed E-state index contributed by atoms with van der Waals surface area (Å²) in [6, 6.07) is 12.6. The number of hydrogen-bond donors (Lipinski definition) is 5. The van der Waals surface area contributed by atoms with Crippen LogP contribution in [0.5, 0.6) is 5.75 Å². The Morgan fingerprint density at radius 2 is 1.43 bits per heavy atom. The highest BCUT2D eigenvalue weighted by atomic mass is 32.2. The van der Waals surface area contributed by atoms with E-state index in [4.69, 9.17) is 20.4 Å². The lowest BCUT2D eigenvalue weighted by Gasteiger charge is -2.13. The first-order chi connectivity index (χ1) is 27.0. The van der Waals surface area contributed by atoms with E-state index in [0.717, 1.165) is 22.7 Å². The van der Waals surface area contributed by atoms with Gasteiger partial charge in [0.2, 0.25) is 17.8 Å². The SMILES string of the molecule is CCn1nc(C)cc1C(=O)Nc1nc2cc(SNC)ccc2n1C/C=C/Cn1c(NC(=O)c2cc(C)nn2CC)nc2cc(C(N)=O)cc(OCCCNC)c21. The minimum atomic E-state index is -0.629. The molecule has 0 bridgehead atoms. The molecule has 56 heavy (non-hydrogen) atoms. The van der Waals surface area contributed by atoms with Crippen LogP contribution in [0.15, 0.2) is 59.5 Å². The van der Waals surface area contributed by atoms with Gasteiger partial charge >= 0.3 is 0 Å². The second-order valence-electron chi connectivity index (χ2n) is 12.9. The second kappa shape index (κ2) is 17.7. The fraction of sp³-hybridized carbons (Fsp3) is 0.342. The smallest absolute Gasteiger partial charge is 0.276 e. The first kappa shape index (κ1) is 39.7. The third kappa shape index (κ3) is 8.61. The largest absolute Gasteiger partial charge is 0.491 e. The number of nitrogens with one attached hydrogen (secondary N) is 4. The molecule has 6 aromatic rings. The molecule has 0 aliphatic carbocycles. The monoisotopic (exact) mass is 781 g/mol. The number of nitrogens with zero attached hydrogens (tertiary/aromatic N) is 8. The van der Waals surface area contributed by atoms with E-state index in [0.29, 0.717) is 78.0 Å². The maximum atomic E-state index is 13.7. The summed E-state index contributed by atoms with van der Waals surface area (Å²) in [7, 11) is 3.71. The number of benzene rings is 2. The Hall–Kier alpha value is -5.98. The number of imidazole rings is 2. The molecule has 17 nitrogen and oxygen atoms in total. The van der Waals surface area contributed by atoms with Gasteiger partial charge in [-0.05, 0) is 109 Å². The van der Waals surface area contributed by atoms with Crippen molar-refractivity contribution in [3.05, 3.63) is 83.0 Å². The summed E-state index contributed by atoms with van der Waals surface area (Å²) in [5.41, 5.74) is 10.8. The lowest BCUT2D eigenvalue weighted by atomic mass is 10.1. The Balaban J connectivity index is 1.37. The van der Waals surface area contributed by atoms with Gasteiger partial charge in [-0.15, -0.1) is 0 Å². The van der Waals surface area contributed by atoms with Crippen LogP contribution in [0.1, 0.15) is 63.0 Å². The Labute approximate surface area is 328 Å². The summed E-state index contributed by atoms with van der Waals surface area (Å²) < 4.78 is 16.3. The summed E-state index contributed by atoms with van der Waals surface area (Å²) in [6.45, 7) is 10.3. The predicted molar refractivity (Wildman–Crippen MR) is 217 cm³/mol. The molecule has 18 heteroatoms. The number of nitrogens with two attached hydrogens (primary N) is 1. The summed E-state index contributed by atoms with van der Waals surface area (Å²) >= 11 is 1.47. The van der Waals surface area contributed by atoms with Crippen molar-refractivity contribution >= 4 is 63.6 Å². The van der Waals surface area contributed by atoms with Gasteiger partial charge in [0.25, 0.3) is 11.8 Å². The third-order valence-electron chi connectivity index (χ3n) is 8.92. The van der Waals surface area contributed by atoms with Crippen LogP contribution in [-0.4, -0.2) is 83.6 Å². The second-order valence-corrected chi connectivity index (χ2v) is 14.0. The van der Waals surface area contributed by atoms with Crippen LogP contribution in [0.25, 0.3) is 22.1 Å². The molecule has 0 saturated heterocycles. The minimum absolute atomic E-state index is 0.230. The Morgan fingerprint density at radius 3 is 2.02 bits per heavy atom. The molecule has 2 aromatic carbocycles. The van der Waals surface area contributed by atoms with Crippen LogP contribution in [0.4, 0.5) is 11.9 Å². The molecule has 0 fully saturated rings. The fourth-order valence-corrected chi connectivity index (χ4v) is 6.93. The van der Waals surface area contributed by atoms with Gasteiger partial charge < -0.3 is 24.9 Å². The molecular weight excluding hydrogens is 735 g/mol. The van der Waals surface area contributed by atoms with Crippen molar-refractivity contribution in [2.45, 2.75) is 65.2 Å². The zero-order valence-electron chi connectivity index (χ0n) is 32.3.